The maximum atomic E-state index is 9.55. The van der Waals surface area contributed by atoms with Crippen molar-refractivity contribution in [3.05, 3.63) is 65.7 Å². The van der Waals surface area contributed by atoms with Gasteiger partial charge in [0.05, 0.1) is 13.2 Å². The van der Waals surface area contributed by atoms with Crippen molar-refractivity contribution in [2.75, 3.05) is 18.5 Å². The number of benzene rings is 2. The summed E-state index contributed by atoms with van der Waals surface area (Å²) in [4.78, 5) is 4.36. The molecule has 0 aliphatic carbocycles. The summed E-state index contributed by atoms with van der Waals surface area (Å²) in [5.41, 5.74) is 9.21. The van der Waals surface area contributed by atoms with Crippen LogP contribution in [0.15, 0.2) is 59.6 Å². The fraction of sp³-hybridized carbons (Fsp3) is 0.316. The normalized spacial score (nSPS) is 12.6. The van der Waals surface area contributed by atoms with E-state index in [2.05, 4.69) is 36.3 Å². The molecule has 4 N–H and O–H groups in total. The van der Waals surface area contributed by atoms with Gasteiger partial charge in [-0.1, -0.05) is 56.3 Å². The molecule has 0 aliphatic rings. The molecule has 0 radical (unpaired) electrons. The van der Waals surface area contributed by atoms with E-state index < -0.39 is 0 Å². The van der Waals surface area contributed by atoms with Crippen LogP contribution in [-0.2, 0) is 0 Å². The molecule has 1 unspecified atom stereocenters. The third-order valence-corrected chi connectivity index (χ3v) is 3.80. The maximum Gasteiger partial charge on any atom is 0.193 e. The van der Waals surface area contributed by atoms with Crippen LogP contribution in [0, 0.1) is 0 Å². The summed E-state index contributed by atoms with van der Waals surface area (Å²) in [6.45, 7) is 4.80. The molecule has 0 amide bonds. The van der Waals surface area contributed by atoms with Crippen LogP contribution in [0.5, 0.6) is 0 Å². The number of hydrogen-bond acceptors (Lipinski definition) is 2. The third-order valence-electron chi connectivity index (χ3n) is 3.80. The molecule has 0 spiro atoms. The van der Waals surface area contributed by atoms with Gasteiger partial charge in [-0.15, -0.1) is 24.0 Å². The Labute approximate surface area is 161 Å². The number of aliphatic hydroxyl groups is 1. The first kappa shape index (κ1) is 20.4. The molecule has 5 heteroatoms. The highest BCUT2D eigenvalue weighted by Crippen LogP contribution is 2.18. The molecule has 1 atom stereocenters. The molecule has 0 heterocycles. The second-order valence-electron chi connectivity index (χ2n) is 5.92. The lowest BCUT2D eigenvalue weighted by atomic mass is 10.0. The van der Waals surface area contributed by atoms with Crippen LogP contribution >= 0.6 is 24.0 Å². The predicted molar refractivity (Wildman–Crippen MR) is 112 cm³/mol. The lowest BCUT2D eigenvalue weighted by molar-refractivity contribution is 0.268. The molecule has 0 aromatic heterocycles. The summed E-state index contributed by atoms with van der Waals surface area (Å²) >= 11 is 0. The van der Waals surface area contributed by atoms with E-state index in [-0.39, 0.29) is 36.5 Å². The third kappa shape index (κ3) is 6.13. The number of nitrogens with zero attached hydrogens (tertiary/aromatic N) is 1. The Morgan fingerprint density at radius 3 is 2.38 bits per heavy atom. The minimum Gasteiger partial charge on any atom is -0.396 e. The van der Waals surface area contributed by atoms with E-state index in [1.54, 1.807) is 0 Å². The van der Waals surface area contributed by atoms with Gasteiger partial charge in [-0.25, -0.2) is 0 Å². The monoisotopic (exact) mass is 439 g/mol. The summed E-state index contributed by atoms with van der Waals surface area (Å²) in [6.07, 6.45) is 0. The molecular formula is C19H26IN3O. The minimum atomic E-state index is -0.0430. The van der Waals surface area contributed by atoms with Crippen LogP contribution in [0.2, 0.25) is 0 Å². The fourth-order valence-electron chi connectivity index (χ4n) is 2.37. The summed E-state index contributed by atoms with van der Waals surface area (Å²) in [5.74, 6) is 0.783. The summed E-state index contributed by atoms with van der Waals surface area (Å²) in [5, 5.41) is 12.7. The highest BCUT2D eigenvalue weighted by Gasteiger charge is 2.09. The van der Waals surface area contributed by atoms with Crippen LogP contribution in [0.1, 0.15) is 36.8 Å². The molecule has 0 saturated carbocycles. The molecule has 24 heavy (non-hydrogen) atoms. The van der Waals surface area contributed by atoms with E-state index in [1.807, 2.05) is 42.5 Å². The molecule has 2 aromatic rings. The lowest BCUT2D eigenvalue weighted by Gasteiger charge is -2.13. The van der Waals surface area contributed by atoms with Gasteiger partial charge in [-0.3, -0.25) is 4.99 Å². The second kappa shape index (κ2) is 10.3. The molecule has 2 rings (SSSR count). The molecular weight excluding hydrogens is 413 g/mol. The zero-order valence-electron chi connectivity index (χ0n) is 14.1. The van der Waals surface area contributed by atoms with Gasteiger partial charge in [0.15, 0.2) is 5.96 Å². The van der Waals surface area contributed by atoms with Crippen molar-refractivity contribution >= 4 is 35.6 Å². The van der Waals surface area contributed by atoms with Crippen LogP contribution in [-0.4, -0.2) is 24.2 Å². The van der Waals surface area contributed by atoms with Crippen LogP contribution in [0.25, 0.3) is 0 Å². The Morgan fingerprint density at radius 1 is 1.08 bits per heavy atom. The van der Waals surface area contributed by atoms with Gasteiger partial charge in [0.1, 0.15) is 0 Å². The highest BCUT2D eigenvalue weighted by molar-refractivity contribution is 14.0. The number of aliphatic imine (C=N–C) groups is 1. The first-order valence-electron chi connectivity index (χ1n) is 7.93. The Hall–Kier alpha value is -1.60. The van der Waals surface area contributed by atoms with Crippen LogP contribution < -0.4 is 11.1 Å². The SMILES string of the molecule is CC(C)c1cccc(NC(N)=NCC(CO)c2ccccc2)c1.I. The van der Waals surface area contributed by atoms with Crippen molar-refractivity contribution in [2.24, 2.45) is 10.7 Å². The molecule has 0 saturated heterocycles. The number of anilines is 1. The van der Waals surface area contributed by atoms with Gasteiger partial charge in [0, 0.05) is 11.6 Å². The number of nitrogens with two attached hydrogens (primary N) is 1. The van der Waals surface area contributed by atoms with Crippen LogP contribution in [0.3, 0.4) is 0 Å². The average molecular weight is 439 g/mol. The quantitative estimate of drug-likeness (QED) is 0.363. The lowest BCUT2D eigenvalue weighted by Crippen LogP contribution is -2.24. The van der Waals surface area contributed by atoms with Crippen molar-refractivity contribution in [3.63, 3.8) is 0 Å². The van der Waals surface area contributed by atoms with Gasteiger partial charge in [-0.2, -0.15) is 0 Å². The molecule has 0 fully saturated rings. The Bertz CT molecular complexity index is 644. The average Bonchev–Trinajstić information content (AvgIpc) is 2.56. The second-order valence-corrected chi connectivity index (χ2v) is 5.92. The number of aliphatic hydroxyl groups excluding tert-OH is 1. The van der Waals surface area contributed by atoms with Crippen molar-refractivity contribution in [2.45, 2.75) is 25.7 Å². The van der Waals surface area contributed by atoms with E-state index in [9.17, 15) is 5.11 Å². The summed E-state index contributed by atoms with van der Waals surface area (Å²) in [7, 11) is 0. The van der Waals surface area contributed by atoms with E-state index in [4.69, 9.17) is 5.73 Å². The first-order valence-corrected chi connectivity index (χ1v) is 7.93. The van der Waals surface area contributed by atoms with Crippen molar-refractivity contribution < 1.29 is 5.11 Å². The number of nitrogens with one attached hydrogen (secondary N) is 1. The summed E-state index contributed by atoms with van der Waals surface area (Å²) in [6, 6.07) is 18.0. The highest BCUT2D eigenvalue weighted by atomic mass is 127. The summed E-state index contributed by atoms with van der Waals surface area (Å²) < 4.78 is 0. The minimum absolute atomic E-state index is 0. The van der Waals surface area contributed by atoms with Gasteiger partial charge in [0.2, 0.25) is 0 Å². The number of rotatable bonds is 6. The van der Waals surface area contributed by atoms with E-state index in [0.717, 1.165) is 11.3 Å². The Kier molecular flexibility index (Phi) is 8.78. The number of halogens is 1. The van der Waals surface area contributed by atoms with Crippen molar-refractivity contribution in [1.29, 1.82) is 0 Å². The fourth-order valence-corrected chi connectivity index (χ4v) is 2.37. The van der Waals surface area contributed by atoms with E-state index in [0.29, 0.717) is 18.4 Å². The maximum absolute atomic E-state index is 9.55. The van der Waals surface area contributed by atoms with Gasteiger partial charge in [0.25, 0.3) is 0 Å². The van der Waals surface area contributed by atoms with Crippen LogP contribution in [0.4, 0.5) is 5.69 Å². The molecule has 130 valence electrons. The predicted octanol–water partition coefficient (Wildman–Crippen LogP) is 3.93. The van der Waals surface area contributed by atoms with Gasteiger partial charge >= 0.3 is 0 Å². The molecule has 0 bridgehead atoms. The van der Waals surface area contributed by atoms with Crippen molar-refractivity contribution in [1.82, 2.24) is 0 Å². The smallest absolute Gasteiger partial charge is 0.193 e. The van der Waals surface area contributed by atoms with E-state index in [1.165, 1.54) is 5.56 Å². The van der Waals surface area contributed by atoms with Gasteiger partial charge in [-0.05, 0) is 29.2 Å². The number of hydrogen-bond donors (Lipinski definition) is 3. The first-order chi connectivity index (χ1) is 11.1. The van der Waals surface area contributed by atoms with Gasteiger partial charge < -0.3 is 16.2 Å². The largest absolute Gasteiger partial charge is 0.396 e. The Morgan fingerprint density at radius 2 is 1.75 bits per heavy atom. The molecule has 0 aliphatic heterocycles. The molecule has 4 nitrogen and oxygen atoms in total. The molecule has 2 aromatic carbocycles. The van der Waals surface area contributed by atoms with Crippen molar-refractivity contribution in [3.8, 4) is 0 Å². The topological polar surface area (TPSA) is 70.6 Å². The zero-order valence-corrected chi connectivity index (χ0v) is 16.5. The Balaban J connectivity index is 0.00000288. The van der Waals surface area contributed by atoms with E-state index >= 15 is 0 Å². The standard InChI is InChI=1S/C19H25N3O.HI/c1-14(2)16-9-6-10-18(11-16)22-19(20)21-12-17(13-23)15-7-4-3-5-8-15;/h3-11,14,17,23H,12-13H2,1-2H3,(H3,20,21,22);1H. The number of guanidine groups is 1. The zero-order chi connectivity index (χ0) is 16.7.